The second-order valence-corrected chi connectivity index (χ2v) is 7.10. The Labute approximate surface area is 152 Å². The number of hydrogen-bond donors (Lipinski definition) is 2. The number of hydrogen-bond acceptors (Lipinski definition) is 4. The van der Waals surface area contributed by atoms with Gasteiger partial charge in [0.1, 0.15) is 0 Å². The van der Waals surface area contributed by atoms with Crippen molar-refractivity contribution in [1.29, 1.82) is 0 Å². The molecule has 3 rings (SSSR count). The zero-order chi connectivity index (χ0) is 18.7. The zero-order valence-electron chi connectivity index (χ0n) is 14.9. The van der Waals surface area contributed by atoms with Crippen molar-refractivity contribution < 1.29 is 24.2 Å². The summed E-state index contributed by atoms with van der Waals surface area (Å²) in [6.45, 7) is 1.27. The van der Waals surface area contributed by atoms with Crippen molar-refractivity contribution in [3.63, 3.8) is 0 Å². The quantitative estimate of drug-likeness (QED) is 0.782. The first-order chi connectivity index (χ1) is 12.5. The Hall–Kier alpha value is -2.57. The summed E-state index contributed by atoms with van der Waals surface area (Å²) in [6, 6.07) is 6.85. The van der Waals surface area contributed by atoms with Crippen LogP contribution in [0.15, 0.2) is 24.3 Å². The molecule has 2 N–H and O–H groups in total. The predicted octanol–water partition coefficient (Wildman–Crippen LogP) is 1.91. The number of nitrogens with one attached hydrogen (secondary N) is 1. The van der Waals surface area contributed by atoms with Crippen LogP contribution >= 0.6 is 0 Å². The van der Waals surface area contributed by atoms with Crippen LogP contribution < -0.4 is 5.32 Å². The molecular weight excluding hydrogens is 336 g/mol. The second-order valence-electron chi connectivity index (χ2n) is 7.10. The monoisotopic (exact) mass is 360 g/mol. The first kappa shape index (κ1) is 18.2. The number of ether oxygens (including phenoxy) is 1. The van der Waals surface area contributed by atoms with Gasteiger partial charge in [0.05, 0.1) is 18.1 Å². The lowest BCUT2D eigenvalue weighted by atomic mass is 9.81. The normalized spacial score (nSPS) is 24.2. The van der Waals surface area contributed by atoms with Gasteiger partial charge in [-0.1, -0.05) is 18.6 Å². The van der Waals surface area contributed by atoms with Gasteiger partial charge in [0.25, 0.3) is 0 Å². The number of esters is 1. The predicted molar refractivity (Wildman–Crippen MR) is 93.9 cm³/mol. The third kappa shape index (κ3) is 3.38. The molecule has 0 spiro atoms. The Morgan fingerprint density at radius 2 is 2.04 bits per heavy atom. The fraction of sp³-hybridized carbons (Fsp3) is 0.526. The molecule has 0 aromatic heterocycles. The highest BCUT2D eigenvalue weighted by Gasteiger charge is 2.55. The van der Waals surface area contributed by atoms with Gasteiger partial charge >= 0.3 is 18.0 Å². The van der Waals surface area contributed by atoms with Gasteiger partial charge in [-0.2, -0.15) is 0 Å². The fourth-order valence-corrected chi connectivity index (χ4v) is 4.14. The highest BCUT2D eigenvalue weighted by Crippen LogP contribution is 2.48. The number of carbonyl (C=O) groups excluding carboxylic acids is 2. The van der Waals surface area contributed by atoms with Crippen molar-refractivity contribution in [3.05, 3.63) is 35.4 Å². The minimum Gasteiger partial charge on any atom is -0.481 e. The lowest BCUT2D eigenvalue weighted by Crippen LogP contribution is -2.42. The molecular formula is C19H24N2O5. The van der Waals surface area contributed by atoms with Crippen LogP contribution in [0.4, 0.5) is 4.79 Å². The molecule has 140 valence electrons. The van der Waals surface area contributed by atoms with E-state index in [4.69, 9.17) is 0 Å². The molecule has 1 saturated carbocycles. The summed E-state index contributed by atoms with van der Waals surface area (Å²) in [5, 5.41) is 12.5. The number of rotatable bonds is 5. The Balaban J connectivity index is 1.49. The van der Waals surface area contributed by atoms with E-state index in [1.807, 2.05) is 12.1 Å². The van der Waals surface area contributed by atoms with Crippen LogP contribution in [0.5, 0.6) is 0 Å². The van der Waals surface area contributed by atoms with Crippen molar-refractivity contribution in [2.24, 2.45) is 11.3 Å². The minimum atomic E-state index is -0.777. The molecule has 7 heteroatoms. The maximum Gasteiger partial charge on any atom is 0.337 e. The molecule has 1 aromatic rings. The number of likely N-dealkylation sites (tertiary alicyclic amines) is 1. The van der Waals surface area contributed by atoms with Gasteiger partial charge in [-0.25, -0.2) is 9.59 Å². The molecule has 2 amide bonds. The molecule has 0 bridgehead atoms. The van der Waals surface area contributed by atoms with Crippen LogP contribution in [-0.2, 0) is 16.0 Å². The molecule has 1 aliphatic heterocycles. The smallest absolute Gasteiger partial charge is 0.337 e. The summed E-state index contributed by atoms with van der Waals surface area (Å²) in [5.74, 6) is -1.09. The van der Waals surface area contributed by atoms with Crippen molar-refractivity contribution in [2.45, 2.75) is 25.7 Å². The van der Waals surface area contributed by atoms with E-state index in [1.54, 1.807) is 17.0 Å². The van der Waals surface area contributed by atoms with Crippen molar-refractivity contribution in [3.8, 4) is 0 Å². The SMILES string of the molecule is COC(=O)c1ccc(CCNC(=O)N2C[C@@H]3CCC[C@@]3(C(=O)O)C2)cc1. The number of urea groups is 1. The van der Waals surface area contributed by atoms with Gasteiger partial charge < -0.3 is 20.1 Å². The molecule has 0 radical (unpaired) electrons. The molecule has 1 aromatic carbocycles. The summed E-state index contributed by atoms with van der Waals surface area (Å²) in [6.07, 6.45) is 3.09. The molecule has 2 atom stereocenters. The number of carbonyl (C=O) groups is 3. The third-order valence-corrected chi connectivity index (χ3v) is 5.65. The van der Waals surface area contributed by atoms with E-state index >= 15 is 0 Å². The van der Waals surface area contributed by atoms with E-state index in [2.05, 4.69) is 10.1 Å². The van der Waals surface area contributed by atoms with E-state index < -0.39 is 11.4 Å². The van der Waals surface area contributed by atoms with Gasteiger partial charge in [0.2, 0.25) is 0 Å². The number of carboxylic acids is 1. The van der Waals surface area contributed by atoms with Crippen LogP contribution in [0.3, 0.4) is 0 Å². The van der Waals surface area contributed by atoms with E-state index in [9.17, 15) is 19.5 Å². The average molecular weight is 360 g/mol. The average Bonchev–Trinajstić information content (AvgIpc) is 3.20. The number of methoxy groups -OCH3 is 1. The number of aliphatic carboxylic acids is 1. The molecule has 1 aliphatic carbocycles. The minimum absolute atomic E-state index is 0.0663. The fourth-order valence-electron chi connectivity index (χ4n) is 4.14. The van der Waals surface area contributed by atoms with Crippen LogP contribution in [0.25, 0.3) is 0 Å². The second kappa shape index (κ2) is 7.35. The van der Waals surface area contributed by atoms with Gasteiger partial charge in [-0.3, -0.25) is 4.79 Å². The number of fused-ring (bicyclic) bond motifs is 1. The van der Waals surface area contributed by atoms with Crippen molar-refractivity contribution >= 4 is 18.0 Å². The topological polar surface area (TPSA) is 95.9 Å². The third-order valence-electron chi connectivity index (χ3n) is 5.65. The Morgan fingerprint density at radius 1 is 1.31 bits per heavy atom. The summed E-state index contributed by atoms with van der Waals surface area (Å²) >= 11 is 0. The Kier molecular flexibility index (Phi) is 5.15. The number of carboxylic acid groups (broad SMARTS) is 1. The Morgan fingerprint density at radius 3 is 2.65 bits per heavy atom. The molecule has 1 saturated heterocycles. The number of nitrogens with zero attached hydrogens (tertiary/aromatic N) is 1. The van der Waals surface area contributed by atoms with Gasteiger partial charge in [-0.05, 0) is 42.9 Å². The molecule has 0 unspecified atom stereocenters. The number of benzene rings is 1. The molecule has 2 fully saturated rings. The molecule has 1 heterocycles. The van der Waals surface area contributed by atoms with E-state index in [1.165, 1.54) is 7.11 Å². The standard InChI is InChI=1S/C19H24N2O5/c1-26-16(22)14-6-4-13(5-7-14)8-10-20-18(25)21-11-15-3-2-9-19(15,12-21)17(23)24/h4-7,15H,2-3,8-12H2,1H3,(H,20,25)(H,23,24)/t15-,19+/m0/s1. The van der Waals surface area contributed by atoms with E-state index in [0.29, 0.717) is 38.0 Å². The lowest BCUT2D eigenvalue weighted by Gasteiger charge is -2.23. The van der Waals surface area contributed by atoms with Crippen LogP contribution in [0.1, 0.15) is 35.2 Å². The first-order valence-electron chi connectivity index (χ1n) is 8.90. The lowest BCUT2D eigenvalue weighted by molar-refractivity contribution is -0.149. The summed E-state index contributed by atoms with van der Waals surface area (Å²) in [4.78, 5) is 37.1. The van der Waals surface area contributed by atoms with Crippen LogP contribution in [0, 0.1) is 11.3 Å². The van der Waals surface area contributed by atoms with Gasteiger partial charge in [0, 0.05) is 19.6 Å². The number of amides is 2. The maximum atomic E-state index is 12.4. The highest BCUT2D eigenvalue weighted by atomic mass is 16.5. The summed E-state index contributed by atoms with van der Waals surface area (Å²) in [7, 11) is 1.34. The van der Waals surface area contributed by atoms with Gasteiger partial charge in [0.15, 0.2) is 0 Å². The van der Waals surface area contributed by atoms with Crippen LogP contribution in [-0.4, -0.2) is 54.7 Å². The van der Waals surface area contributed by atoms with Crippen molar-refractivity contribution in [2.75, 3.05) is 26.7 Å². The molecule has 7 nitrogen and oxygen atoms in total. The zero-order valence-corrected chi connectivity index (χ0v) is 14.9. The summed E-state index contributed by atoms with van der Waals surface area (Å²) in [5.41, 5.74) is 0.738. The molecule has 2 aliphatic rings. The largest absolute Gasteiger partial charge is 0.481 e. The maximum absolute atomic E-state index is 12.4. The van der Waals surface area contributed by atoms with E-state index in [-0.39, 0.29) is 17.9 Å². The van der Waals surface area contributed by atoms with E-state index in [0.717, 1.165) is 18.4 Å². The van der Waals surface area contributed by atoms with Gasteiger partial charge in [-0.15, -0.1) is 0 Å². The highest BCUT2D eigenvalue weighted by molar-refractivity contribution is 5.89. The Bertz CT molecular complexity index is 702. The summed E-state index contributed by atoms with van der Waals surface area (Å²) < 4.78 is 4.66. The first-order valence-corrected chi connectivity index (χ1v) is 8.90. The van der Waals surface area contributed by atoms with Crippen LogP contribution in [0.2, 0.25) is 0 Å². The van der Waals surface area contributed by atoms with Crippen molar-refractivity contribution in [1.82, 2.24) is 10.2 Å². The molecule has 26 heavy (non-hydrogen) atoms.